The molecule has 0 amide bonds. The van der Waals surface area contributed by atoms with Crippen molar-refractivity contribution >= 4 is 17.0 Å². The highest BCUT2D eigenvalue weighted by atomic mass is 16.4. The van der Waals surface area contributed by atoms with Crippen LogP contribution in [0.25, 0.3) is 11.0 Å². The number of aromatic nitrogens is 4. The topological polar surface area (TPSA) is 86.1 Å². The van der Waals surface area contributed by atoms with E-state index in [2.05, 4.69) is 10.2 Å². The average molecular weight is 260 g/mol. The summed E-state index contributed by atoms with van der Waals surface area (Å²) in [6.45, 7) is 2.29. The molecule has 3 aromatic heterocycles. The Morgan fingerprint density at radius 1 is 1.42 bits per heavy atom. The number of rotatable bonds is 3. The van der Waals surface area contributed by atoms with E-state index in [-0.39, 0.29) is 5.76 Å². The van der Waals surface area contributed by atoms with Gasteiger partial charge in [-0.15, -0.1) is 0 Å². The number of hydrogen-bond donors (Lipinski definition) is 1. The van der Waals surface area contributed by atoms with Gasteiger partial charge in [-0.3, -0.25) is 9.36 Å². The highest BCUT2D eigenvalue weighted by molar-refractivity contribution is 5.84. The van der Waals surface area contributed by atoms with E-state index in [0.29, 0.717) is 12.3 Å². The first-order chi connectivity index (χ1) is 9.04. The maximum absolute atomic E-state index is 10.7. The molecule has 0 spiro atoms. The van der Waals surface area contributed by atoms with E-state index in [4.69, 9.17) is 9.52 Å². The number of furan rings is 1. The predicted octanol–water partition coefficient (Wildman–Crippen LogP) is 1.42. The summed E-state index contributed by atoms with van der Waals surface area (Å²) in [6.07, 6.45) is 1.86. The lowest BCUT2D eigenvalue weighted by molar-refractivity contribution is 0.0660. The molecule has 7 nitrogen and oxygen atoms in total. The van der Waals surface area contributed by atoms with E-state index >= 15 is 0 Å². The van der Waals surface area contributed by atoms with Crippen molar-refractivity contribution in [3.63, 3.8) is 0 Å². The first-order valence-corrected chi connectivity index (χ1v) is 5.73. The fraction of sp³-hybridized carbons (Fsp3) is 0.250. The zero-order valence-corrected chi connectivity index (χ0v) is 10.5. The van der Waals surface area contributed by atoms with Crippen molar-refractivity contribution < 1.29 is 14.3 Å². The lowest BCUT2D eigenvalue weighted by atomic mass is 10.4. The molecule has 0 atom stereocenters. The summed E-state index contributed by atoms with van der Waals surface area (Å²) in [5, 5.41) is 17.5. The van der Waals surface area contributed by atoms with Crippen LogP contribution < -0.4 is 0 Å². The largest absolute Gasteiger partial charge is 0.475 e. The van der Waals surface area contributed by atoms with Crippen LogP contribution >= 0.6 is 0 Å². The van der Waals surface area contributed by atoms with Gasteiger partial charge < -0.3 is 9.52 Å². The van der Waals surface area contributed by atoms with Gasteiger partial charge >= 0.3 is 5.97 Å². The van der Waals surface area contributed by atoms with Crippen LogP contribution in [0.5, 0.6) is 0 Å². The average Bonchev–Trinajstić information content (AvgIpc) is 3.00. The molecule has 0 aromatic carbocycles. The van der Waals surface area contributed by atoms with Gasteiger partial charge in [-0.25, -0.2) is 4.79 Å². The van der Waals surface area contributed by atoms with E-state index < -0.39 is 5.97 Å². The second-order valence-corrected chi connectivity index (χ2v) is 4.34. The molecular weight excluding hydrogens is 248 g/mol. The standard InChI is InChI=1S/C12H12N4O3/c1-7-11-9(15(2)13-7)6-16(14-11)5-8-3-4-10(19-8)12(17)18/h3-4,6H,5H2,1-2H3,(H,17,18). The molecule has 3 aromatic rings. The van der Waals surface area contributed by atoms with Crippen molar-refractivity contribution in [2.24, 2.45) is 7.05 Å². The Morgan fingerprint density at radius 2 is 2.21 bits per heavy atom. The Hall–Kier alpha value is -2.57. The first-order valence-electron chi connectivity index (χ1n) is 5.73. The molecule has 0 saturated carbocycles. The molecule has 1 N–H and O–H groups in total. The maximum Gasteiger partial charge on any atom is 0.371 e. The van der Waals surface area contributed by atoms with E-state index in [9.17, 15) is 4.79 Å². The number of aromatic carboxylic acids is 1. The van der Waals surface area contributed by atoms with Crippen LogP contribution in [0.3, 0.4) is 0 Å². The van der Waals surface area contributed by atoms with E-state index in [1.54, 1.807) is 15.4 Å². The van der Waals surface area contributed by atoms with Crippen molar-refractivity contribution in [2.75, 3.05) is 0 Å². The number of carbonyl (C=O) groups is 1. The van der Waals surface area contributed by atoms with Gasteiger partial charge in [-0.2, -0.15) is 10.2 Å². The highest BCUT2D eigenvalue weighted by Gasteiger charge is 2.12. The van der Waals surface area contributed by atoms with Gasteiger partial charge in [-0.05, 0) is 19.1 Å². The van der Waals surface area contributed by atoms with Crippen LogP contribution in [0.1, 0.15) is 22.0 Å². The Labute approximate surface area is 108 Å². The number of fused-ring (bicyclic) bond motifs is 1. The summed E-state index contributed by atoms with van der Waals surface area (Å²) in [5.74, 6) is -0.586. The van der Waals surface area contributed by atoms with Crippen molar-refractivity contribution in [1.29, 1.82) is 0 Å². The number of hydrogen-bond acceptors (Lipinski definition) is 4. The molecule has 0 radical (unpaired) electrons. The number of aryl methyl sites for hydroxylation is 2. The fourth-order valence-electron chi connectivity index (χ4n) is 2.05. The third kappa shape index (κ3) is 1.88. The smallest absolute Gasteiger partial charge is 0.371 e. The molecule has 19 heavy (non-hydrogen) atoms. The van der Waals surface area contributed by atoms with Gasteiger partial charge in [0, 0.05) is 7.05 Å². The van der Waals surface area contributed by atoms with Gasteiger partial charge in [-0.1, -0.05) is 0 Å². The van der Waals surface area contributed by atoms with Gasteiger partial charge in [0.2, 0.25) is 5.76 Å². The zero-order valence-electron chi connectivity index (χ0n) is 10.5. The van der Waals surface area contributed by atoms with Crippen LogP contribution in [0.2, 0.25) is 0 Å². The molecule has 0 aliphatic heterocycles. The van der Waals surface area contributed by atoms with Crippen molar-refractivity contribution in [3.8, 4) is 0 Å². The minimum absolute atomic E-state index is 0.0652. The van der Waals surface area contributed by atoms with Crippen molar-refractivity contribution in [1.82, 2.24) is 19.6 Å². The SMILES string of the molecule is Cc1nn(C)c2cn(Cc3ccc(C(=O)O)o3)nc12. The predicted molar refractivity (Wildman–Crippen MR) is 66.0 cm³/mol. The lowest BCUT2D eigenvalue weighted by Gasteiger charge is -1.97. The molecule has 3 rings (SSSR count). The van der Waals surface area contributed by atoms with E-state index in [1.165, 1.54) is 6.07 Å². The summed E-state index contributed by atoms with van der Waals surface area (Å²) in [4.78, 5) is 10.7. The maximum atomic E-state index is 10.7. The Bertz CT molecular complexity index is 731. The minimum Gasteiger partial charge on any atom is -0.475 e. The molecule has 98 valence electrons. The molecule has 0 unspecified atom stereocenters. The molecule has 3 heterocycles. The molecule has 0 fully saturated rings. The second-order valence-electron chi connectivity index (χ2n) is 4.34. The third-order valence-electron chi connectivity index (χ3n) is 2.92. The number of nitrogens with zero attached hydrogens (tertiary/aromatic N) is 4. The third-order valence-corrected chi connectivity index (χ3v) is 2.92. The Balaban J connectivity index is 1.92. The molecule has 0 aliphatic rings. The normalized spacial score (nSPS) is 11.3. The summed E-state index contributed by atoms with van der Waals surface area (Å²) >= 11 is 0. The fourth-order valence-corrected chi connectivity index (χ4v) is 2.05. The van der Waals surface area contributed by atoms with Crippen molar-refractivity contribution in [2.45, 2.75) is 13.5 Å². The van der Waals surface area contributed by atoms with Crippen LogP contribution in [0, 0.1) is 6.92 Å². The zero-order chi connectivity index (χ0) is 13.6. The summed E-state index contributed by atoms with van der Waals surface area (Å²) in [5.41, 5.74) is 2.64. The van der Waals surface area contributed by atoms with Gasteiger partial charge in [0.15, 0.2) is 0 Å². The Morgan fingerprint density at radius 3 is 2.84 bits per heavy atom. The first kappa shape index (κ1) is 11.5. The minimum atomic E-state index is -1.07. The molecule has 7 heteroatoms. The second kappa shape index (κ2) is 3.98. The number of carboxylic acids is 1. The van der Waals surface area contributed by atoms with Crippen molar-refractivity contribution in [3.05, 3.63) is 35.5 Å². The summed E-state index contributed by atoms with van der Waals surface area (Å²) < 4.78 is 8.67. The van der Waals surface area contributed by atoms with Crippen LogP contribution in [-0.2, 0) is 13.6 Å². The van der Waals surface area contributed by atoms with Crippen LogP contribution in [-0.4, -0.2) is 30.6 Å². The van der Waals surface area contributed by atoms with Gasteiger partial charge in [0.05, 0.1) is 18.4 Å². The molecule has 0 saturated heterocycles. The van der Waals surface area contributed by atoms with Crippen LogP contribution in [0.15, 0.2) is 22.7 Å². The molecular formula is C12H12N4O3. The summed E-state index contributed by atoms with van der Waals surface area (Å²) in [6, 6.07) is 3.08. The molecule has 0 bridgehead atoms. The quantitative estimate of drug-likeness (QED) is 0.769. The van der Waals surface area contributed by atoms with E-state index in [1.807, 2.05) is 20.2 Å². The highest BCUT2D eigenvalue weighted by Crippen LogP contribution is 2.16. The van der Waals surface area contributed by atoms with E-state index in [0.717, 1.165) is 16.7 Å². The number of carboxylic acid groups (broad SMARTS) is 1. The summed E-state index contributed by atoms with van der Waals surface area (Å²) in [7, 11) is 1.86. The monoisotopic (exact) mass is 260 g/mol. The van der Waals surface area contributed by atoms with Gasteiger partial charge in [0.1, 0.15) is 16.8 Å². The molecule has 0 aliphatic carbocycles. The van der Waals surface area contributed by atoms with Gasteiger partial charge in [0.25, 0.3) is 0 Å². The van der Waals surface area contributed by atoms with Crippen LogP contribution in [0.4, 0.5) is 0 Å². The lowest BCUT2D eigenvalue weighted by Crippen LogP contribution is -2.00. The Kier molecular flexibility index (Phi) is 2.41.